The zero-order valence-corrected chi connectivity index (χ0v) is 14.3. The van der Waals surface area contributed by atoms with Gasteiger partial charge in [-0.2, -0.15) is 5.10 Å². The van der Waals surface area contributed by atoms with Crippen LogP contribution in [0.1, 0.15) is 47.0 Å². The van der Waals surface area contributed by atoms with Gasteiger partial charge < -0.3 is 5.32 Å². The van der Waals surface area contributed by atoms with E-state index in [1.807, 2.05) is 20.8 Å². The van der Waals surface area contributed by atoms with E-state index in [0.29, 0.717) is 6.54 Å². The van der Waals surface area contributed by atoms with Crippen molar-refractivity contribution in [3.8, 4) is 0 Å². The van der Waals surface area contributed by atoms with Crippen molar-refractivity contribution < 1.29 is 8.42 Å². The second kappa shape index (κ2) is 7.91. The molecule has 0 fully saturated rings. The third-order valence-electron chi connectivity index (χ3n) is 3.20. The molecule has 0 radical (unpaired) electrons. The van der Waals surface area contributed by atoms with Gasteiger partial charge >= 0.3 is 0 Å². The van der Waals surface area contributed by atoms with Crippen molar-refractivity contribution in [2.45, 2.75) is 63.9 Å². The number of hydrogen-bond donors (Lipinski definition) is 2. The summed E-state index contributed by atoms with van der Waals surface area (Å²) < 4.78 is 29.1. The Kier molecular flexibility index (Phi) is 6.83. The number of hydrogen-bond acceptors (Lipinski definition) is 4. The van der Waals surface area contributed by atoms with Gasteiger partial charge in [-0.1, -0.05) is 20.3 Å². The van der Waals surface area contributed by atoms with Crippen LogP contribution < -0.4 is 10.0 Å². The number of nitrogens with one attached hydrogen (secondary N) is 2. The Hall–Kier alpha value is -0.920. The molecule has 0 aromatic carbocycles. The second-order valence-electron chi connectivity index (χ2n) is 5.89. The van der Waals surface area contributed by atoms with Gasteiger partial charge in [0.05, 0.1) is 6.20 Å². The molecular weight excluding hydrogens is 288 g/mol. The Bertz CT molecular complexity index is 523. The smallest absolute Gasteiger partial charge is 0.244 e. The third-order valence-corrected chi connectivity index (χ3v) is 4.85. The van der Waals surface area contributed by atoms with Gasteiger partial charge in [-0.15, -0.1) is 0 Å². The Morgan fingerprint density at radius 3 is 2.67 bits per heavy atom. The predicted molar refractivity (Wildman–Crippen MR) is 84.7 cm³/mol. The van der Waals surface area contributed by atoms with Crippen LogP contribution in [0, 0.1) is 0 Å². The summed E-state index contributed by atoms with van der Waals surface area (Å²) in [6, 6.07) is 0. The molecule has 122 valence electrons. The fourth-order valence-corrected chi connectivity index (χ4v) is 3.64. The minimum absolute atomic E-state index is 0.232. The number of aromatic nitrogens is 2. The lowest BCUT2D eigenvalue weighted by Gasteiger charge is -2.24. The molecule has 0 unspecified atom stereocenters. The first-order valence-corrected chi connectivity index (χ1v) is 9.06. The molecule has 0 amide bonds. The summed E-state index contributed by atoms with van der Waals surface area (Å²) in [4.78, 5) is 0.232. The maximum Gasteiger partial charge on any atom is 0.244 e. The topological polar surface area (TPSA) is 76.0 Å². The SMILES string of the molecule is CCCC(C)(C)NS(=O)(=O)c1cnn(CCCNCC)c1. The van der Waals surface area contributed by atoms with Crippen molar-refractivity contribution in [2.75, 3.05) is 13.1 Å². The summed E-state index contributed by atoms with van der Waals surface area (Å²) in [6.45, 7) is 10.4. The molecule has 1 aromatic rings. The van der Waals surface area contributed by atoms with E-state index in [1.165, 1.54) is 6.20 Å². The van der Waals surface area contributed by atoms with E-state index in [2.05, 4.69) is 22.1 Å². The van der Waals surface area contributed by atoms with Gasteiger partial charge in [0.2, 0.25) is 10.0 Å². The van der Waals surface area contributed by atoms with Crippen molar-refractivity contribution in [3.63, 3.8) is 0 Å². The molecule has 1 rings (SSSR count). The first-order valence-electron chi connectivity index (χ1n) is 7.58. The Morgan fingerprint density at radius 2 is 2.05 bits per heavy atom. The molecule has 0 atom stereocenters. The minimum atomic E-state index is -3.50. The van der Waals surface area contributed by atoms with E-state index < -0.39 is 15.6 Å². The van der Waals surface area contributed by atoms with Gasteiger partial charge in [-0.25, -0.2) is 13.1 Å². The molecule has 1 heterocycles. The maximum atomic E-state index is 12.3. The fourth-order valence-electron chi connectivity index (χ4n) is 2.25. The van der Waals surface area contributed by atoms with Crippen molar-refractivity contribution in [3.05, 3.63) is 12.4 Å². The Balaban J connectivity index is 2.66. The molecule has 0 aliphatic heterocycles. The van der Waals surface area contributed by atoms with Crippen molar-refractivity contribution in [1.82, 2.24) is 19.8 Å². The zero-order chi connectivity index (χ0) is 15.9. The highest BCUT2D eigenvalue weighted by Crippen LogP contribution is 2.16. The predicted octanol–water partition coefficient (Wildman–Crippen LogP) is 1.74. The summed E-state index contributed by atoms with van der Waals surface area (Å²) in [6.07, 6.45) is 5.65. The molecule has 0 saturated carbocycles. The van der Waals surface area contributed by atoms with Gasteiger partial charge in [0, 0.05) is 18.3 Å². The van der Waals surface area contributed by atoms with Crippen LogP contribution in [0.4, 0.5) is 0 Å². The summed E-state index contributed by atoms with van der Waals surface area (Å²) in [5.41, 5.74) is -0.444. The van der Waals surface area contributed by atoms with Crippen LogP contribution in [-0.4, -0.2) is 36.8 Å². The van der Waals surface area contributed by atoms with Crippen LogP contribution in [0.5, 0.6) is 0 Å². The van der Waals surface area contributed by atoms with Crippen molar-refractivity contribution in [1.29, 1.82) is 0 Å². The summed E-state index contributed by atoms with van der Waals surface area (Å²) in [5, 5.41) is 7.35. The quantitative estimate of drug-likeness (QED) is 0.645. The van der Waals surface area contributed by atoms with E-state index in [-0.39, 0.29) is 4.90 Å². The number of rotatable bonds is 10. The lowest BCUT2D eigenvalue weighted by atomic mass is 10.0. The Labute approximate surface area is 128 Å². The lowest BCUT2D eigenvalue weighted by molar-refractivity contribution is 0.417. The van der Waals surface area contributed by atoms with Crippen LogP contribution in [0.15, 0.2) is 17.3 Å². The van der Waals surface area contributed by atoms with E-state index in [0.717, 1.165) is 32.4 Å². The molecule has 0 aliphatic carbocycles. The minimum Gasteiger partial charge on any atom is -0.317 e. The van der Waals surface area contributed by atoms with Crippen LogP contribution in [0.25, 0.3) is 0 Å². The largest absolute Gasteiger partial charge is 0.317 e. The summed E-state index contributed by atoms with van der Waals surface area (Å²) in [7, 11) is -3.50. The van der Waals surface area contributed by atoms with Gasteiger partial charge in [-0.05, 0) is 39.8 Å². The van der Waals surface area contributed by atoms with E-state index in [1.54, 1.807) is 10.9 Å². The average Bonchev–Trinajstić information content (AvgIpc) is 2.82. The van der Waals surface area contributed by atoms with Gasteiger partial charge in [-0.3, -0.25) is 4.68 Å². The molecule has 6 nitrogen and oxygen atoms in total. The van der Waals surface area contributed by atoms with Crippen LogP contribution >= 0.6 is 0 Å². The average molecular weight is 316 g/mol. The van der Waals surface area contributed by atoms with Gasteiger partial charge in [0.15, 0.2) is 0 Å². The molecule has 21 heavy (non-hydrogen) atoms. The van der Waals surface area contributed by atoms with Crippen molar-refractivity contribution in [2.24, 2.45) is 0 Å². The first-order chi connectivity index (χ1) is 9.80. The molecule has 7 heteroatoms. The molecule has 0 spiro atoms. The molecule has 0 aliphatic rings. The second-order valence-corrected chi connectivity index (χ2v) is 7.57. The van der Waals surface area contributed by atoms with Crippen LogP contribution in [0.3, 0.4) is 0 Å². The first kappa shape index (κ1) is 18.1. The molecule has 0 saturated heterocycles. The standard InChI is InChI=1S/C14H28N4O2S/c1-5-8-14(3,4)17-21(19,20)13-11-16-18(12-13)10-7-9-15-6-2/h11-12,15,17H,5-10H2,1-4H3. The summed E-state index contributed by atoms with van der Waals surface area (Å²) in [5.74, 6) is 0. The molecular formula is C14H28N4O2S. The van der Waals surface area contributed by atoms with Crippen LogP contribution in [0.2, 0.25) is 0 Å². The normalized spacial score (nSPS) is 12.8. The molecule has 1 aromatic heterocycles. The zero-order valence-electron chi connectivity index (χ0n) is 13.5. The lowest BCUT2D eigenvalue weighted by Crippen LogP contribution is -2.43. The molecule has 2 N–H and O–H groups in total. The van der Waals surface area contributed by atoms with Gasteiger partial charge in [0.1, 0.15) is 4.90 Å². The number of aryl methyl sites for hydroxylation is 1. The van der Waals surface area contributed by atoms with Crippen LogP contribution in [-0.2, 0) is 16.6 Å². The molecule has 0 bridgehead atoms. The highest BCUT2D eigenvalue weighted by molar-refractivity contribution is 7.89. The van der Waals surface area contributed by atoms with E-state index in [4.69, 9.17) is 0 Å². The fraction of sp³-hybridized carbons (Fsp3) is 0.786. The Morgan fingerprint density at radius 1 is 1.33 bits per heavy atom. The maximum absolute atomic E-state index is 12.3. The summed E-state index contributed by atoms with van der Waals surface area (Å²) >= 11 is 0. The van der Waals surface area contributed by atoms with Gasteiger partial charge in [0.25, 0.3) is 0 Å². The van der Waals surface area contributed by atoms with Crippen molar-refractivity contribution >= 4 is 10.0 Å². The van der Waals surface area contributed by atoms with E-state index in [9.17, 15) is 8.42 Å². The monoisotopic (exact) mass is 316 g/mol. The number of sulfonamides is 1. The highest BCUT2D eigenvalue weighted by Gasteiger charge is 2.26. The number of nitrogens with zero attached hydrogens (tertiary/aromatic N) is 2. The van der Waals surface area contributed by atoms with E-state index >= 15 is 0 Å². The third kappa shape index (κ3) is 6.15. The highest BCUT2D eigenvalue weighted by atomic mass is 32.2.